The smallest absolute Gasteiger partial charge is 0.396 e. The molecule has 0 bridgehead atoms. The number of carbonyl (C=O) groups is 2. The summed E-state index contributed by atoms with van der Waals surface area (Å²) in [6, 6.07) is 8.12. The van der Waals surface area contributed by atoms with Crippen LogP contribution in [0.15, 0.2) is 42.5 Å². The fourth-order valence-corrected chi connectivity index (χ4v) is 3.86. The number of halogens is 8. The summed E-state index contributed by atoms with van der Waals surface area (Å²) in [6.07, 6.45) is -10.7. The third-order valence-electron chi connectivity index (χ3n) is 5.36. The van der Waals surface area contributed by atoms with Crippen molar-refractivity contribution in [3.8, 4) is 0 Å². The summed E-state index contributed by atoms with van der Waals surface area (Å²) in [5, 5.41) is 2.26. The Morgan fingerprint density at radius 1 is 0.892 bits per heavy atom. The van der Waals surface area contributed by atoms with E-state index in [4.69, 9.17) is 27.9 Å². The molecule has 3 unspecified atom stereocenters. The fourth-order valence-electron chi connectivity index (χ4n) is 3.56. The SMILES string of the molecule is CC(C(C(=O)Nc1cc(C(CC(=O)OC(C)(C)C)C(F)(F)F)ccc1Cl)c1ccc(Cl)cc1)C(F)(F)F. The predicted molar refractivity (Wildman–Crippen MR) is 129 cm³/mol. The van der Waals surface area contributed by atoms with Gasteiger partial charge in [-0.2, -0.15) is 26.3 Å². The van der Waals surface area contributed by atoms with E-state index < -0.39 is 59.6 Å². The van der Waals surface area contributed by atoms with Crippen LogP contribution in [0.4, 0.5) is 32.0 Å². The van der Waals surface area contributed by atoms with Crippen molar-refractivity contribution in [2.45, 2.75) is 63.9 Å². The highest BCUT2D eigenvalue weighted by Gasteiger charge is 2.46. The van der Waals surface area contributed by atoms with Gasteiger partial charge in [0.15, 0.2) is 0 Å². The minimum atomic E-state index is -4.87. The molecule has 1 N–H and O–H groups in total. The van der Waals surface area contributed by atoms with Crippen LogP contribution in [0.25, 0.3) is 0 Å². The monoisotopic (exact) mass is 571 g/mol. The van der Waals surface area contributed by atoms with Crippen LogP contribution in [0.3, 0.4) is 0 Å². The zero-order chi connectivity index (χ0) is 28.3. The van der Waals surface area contributed by atoms with Crippen LogP contribution < -0.4 is 5.32 Å². The summed E-state index contributed by atoms with van der Waals surface area (Å²) in [5.74, 6) is -8.45. The van der Waals surface area contributed by atoms with E-state index >= 15 is 0 Å². The molecule has 3 atom stereocenters. The van der Waals surface area contributed by atoms with Gasteiger partial charge in [0.1, 0.15) is 5.60 Å². The number of nitrogens with one attached hydrogen (secondary N) is 1. The van der Waals surface area contributed by atoms with Gasteiger partial charge < -0.3 is 10.1 Å². The van der Waals surface area contributed by atoms with Crippen molar-refractivity contribution in [1.82, 2.24) is 0 Å². The van der Waals surface area contributed by atoms with Crippen LogP contribution in [0.2, 0.25) is 10.0 Å². The Hall–Kier alpha value is -2.46. The Labute approximate surface area is 220 Å². The average Bonchev–Trinajstić information content (AvgIpc) is 2.72. The molecule has 2 rings (SSSR count). The summed E-state index contributed by atoms with van der Waals surface area (Å²) < 4.78 is 87.3. The zero-order valence-electron chi connectivity index (χ0n) is 20.2. The topological polar surface area (TPSA) is 55.4 Å². The maximum Gasteiger partial charge on any atom is 0.396 e. The lowest BCUT2D eigenvalue weighted by Crippen LogP contribution is -2.34. The molecule has 0 fully saturated rings. The number of ether oxygens (including phenoxy) is 1. The first-order valence-electron chi connectivity index (χ1n) is 11.0. The molecule has 0 heterocycles. The van der Waals surface area contributed by atoms with Crippen molar-refractivity contribution in [1.29, 1.82) is 0 Å². The lowest BCUT2D eigenvalue weighted by Gasteiger charge is -2.27. The Kier molecular flexibility index (Phi) is 9.57. The number of hydrogen-bond acceptors (Lipinski definition) is 3. The van der Waals surface area contributed by atoms with E-state index in [2.05, 4.69) is 5.32 Å². The molecular formula is C25H25Cl2F6NO3. The first kappa shape index (κ1) is 30.8. The molecule has 0 spiro atoms. The lowest BCUT2D eigenvalue weighted by atomic mass is 9.85. The minimum Gasteiger partial charge on any atom is -0.460 e. The van der Waals surface area contributed by atoms with Gasteiger partial charge in [0.25, 0.3) is 0 Å². The number of esters is 1. The van der Waals surface area contributed by atoms with Gasteiger partial charge >= 0.3 is 18.3 Å². The molecule has 0 aromatic heterocycles. The second-order valence-corrected chi connectivity index (χ2v) is 10.3. The van der Waals surface area contributed by atoms with Crippen molar-refractivity contribution in [2.75, 3.05) is 5.32 Å². The number of alkyl halides is 6. The maximum absolute atomic E-state index is 13.8. The van der Waals surface area contributed by atoms with Gasteiger partial charge in [0.05, 0.1) is 34.9 Å². The first-order valence-corrected chi connectivity index (χ1v) is 11.8. The predicted octanol–water partition coefficient (Wildman–Crippen LogP) is 8.29. The zero-order valence-corrected chi connectivity index (χ0v) is 21.7. The summed E-state index contributed by atoms with van der Waals surface area (Å²) >= 11 is 11.9. The quantitative estimate of drug-likeness (QED) is 0.268. The van der Waals surface area contributed by atoms with E-state index in [1.54, 1.807) is 0 Å². The minimum absolute atomic E-state index is 0.00269. The largest absolute Gasteiger partial charge is 0.460 e. The molecule has 12 heteroatoms. The number of amides is 1. The number of hydrogen-bond donors (Lipinski definition) is 1. The molecular weight excluding hydrogens is 547 g/mol. The van der Waals surface area contributed by atoms with Gasteiger partial charge in [-0.3, -0.25) is 9.59 Å². The second-order valence-electron chi connectivity index (χ2n) is 9.47. The maximum atomic E-state index is 13.8. The molecule has 0 saturated heterocycles. The number of benzene rings is 2. The average molecular weight is 572 g/mol. The summed E-state index contributed by atoms with van der Waals surface area (Å²) in [4.78, 5) is 25.2. The van der Waals surface area contributed by atoms with Gasteiger partial charge in [0.2, 0.25) is 5.91 Å². The second kappa shape index (κ2) is 11.5. The Morgan fingerprint density at radius 3 is 1.92 bits per heavy atom. The Balaban J connectivity index is 2.43. The molecule has 0 radical (unpaired) electrons. The molecule has 0 aliphatic heterocycles. The first-order chi connectivity index (χ1) is 16.8. The molecule has 1 amide bonds. The van der Waals surface area contributed by atoms with E-state index in [1.807, 2.05) is 0 Å². The summed E-state index contributed by atoms with van der Waals surface area (Å²) in [6.45, 7) is 5.32. The van der Waals surface area contributed by atoms with Gasteiger partial charge in [-0.15, -0.1) is 0 Å². The highest BCUT2D eigenvalue weighted by molar-refractivity contribution is 6.33. The molecule has 2 aromatic carbocycles. The molecule has 0 aliphatic carbocycles. The third-order valence-corrected chi connectivity index (χ3v) is 5.95. The van der Waals surface area contributed by atoms with Crippen LogP contribution in [0, 0.1) is 5.92 Å². The van der Waals surface area contributed by atoms with E-state index in [1.165, 1.54) is 45.0 Å². The third kappa shape index (κ3) is 8.81. The van der Waals surface area contributed by atoms with Crippen LogP contribution in [0.1, 0.15) is 57.1 Å². The van der Waals surface area contributed by atoms with Crippen molar-refractivity contribution in [3.05, 3.63) is 63.6 Å². The van der Waals surface area contributed by atoms with Crippen molar-refractivity contribution in [3.63, 3.8) is 0 Å². The Morgan fingerprint density at radius 2 is 1.43 bits per heavy atom. The highest BCUT2D eigenvalue weighted by atomic mass is 35.5. The molecule has 0 aliphatic rings. The van der Waals surface area contributed by atoms with Crippen molar-refractivity contribution in [2.24, 2.45) is 5.92 Å². The van der Waals surface area contributed by atoms with Crippen LogP contribution in [-0.2, 0) is 14.3 Å². The van der Waals surface area contributed by atoms with Gasteiger partial charge in [-0.1, -0.05) is 48.3 Å². The fraction of sp³-hybridized carbons (Fsp3) is 0.440. The van der Waals surface area contributed by atoms with E-state index in [0.29, 0.717) is 0 Å². The summed E-state index contributed by atoms with van der Waals surface area (Å²) in [5.41, 5.74) is -1.78. The molecule has 0 saturated carbocycles. The number of anilines is 1. The van der Waals surface area contributed by atoms with Crippen LogP contribution >= 0.6 is 23.2 Å². The van der Waals surface area contributed by atoms with Gasteiger partial charge in [0, 0.05) is 5.02 Å². The van der Waals surface area contributed by atoms with E-state index in [0.717, 1.165) is 25.1 Å². The van der Waals surface area contributed by atoms with E-state index in [9.17, 15) is 35.9 Å². The molecule has 37 heavy (non-hydrogen) atoms. The van der Waals surface area contributed by atoms with Gasteiger partial charge in [-0.25, -0.2) is 0 Å². The van der Waals surface area contributed by atoms with Crippen molar-refractivity contribution < 1.29 is 40.7 Å². The number of carbonyl (C=O) groups excluding carboxylic acids is 2. The molecule has 2 aromatic rings. The van der Waals surface area contributed by atoms with Crippen LogP contribution in [-0.4, -0.2) is 29.8 Å². The lowest BCUT2D eigenvalue weighted by molar-refractivity contribution is -0.178. The van der Waals surface area contributed by atoms with Crippen LogP contribution in [0.5, 0.6) is 0 Å². The summed E-state index contributed by atoms with van der Waals surface area (Å²) in [7, 11) is 0. The van der Waals surface area contributed by atoms with Crippen molar-refractivity contribution >= 4 is 40.8 Å². The normalized spacial score (nSPS) is 15.0. The van der Waals surface area contributed by atoms with Gasteiger partial charge in [-0.05, 0) is 56.2 Å². The Bertz CT molecular complexity index is 1110. The van der Waals surface area contributed by atoms with E-state index in [-0.39, 0.29) is 21.3 Å². The molecule has 4 nitrogen and oxygen atoms in total. The standard InChI is InChI=1S/C25H25Cl2F6NO3/c1-13(24(28,29)30)21(14-5-8-16(26)9-6-14)22(36)34-19-11-15(7-10-18(19)27)17(25(31,32)33)12-20(35)37-23(2,3)4/h5-11,13,17,21H,12H2,1-4H3,(H,34,36). The highest BCUT2D eigenvalue weighted by Crippen LogP contribution is 2.42. The number of rotatable bonds is 7. The molecule has 204 valence electrons.